The molecule has 0 radical (unpaired) electrons. The topological polar surface area (TPSA) is 73.6 Å². The predicted octanol–water partition coefficient (Wildman–Crippen LogP) is 1.44. The molecular formula is C11H18IN3O. The Hall–Kier alpha value is -0.980. The first-order valence-electron chi connectivity index (χ1n) is 4.82. The fourth-order valence-electron chi connectivity index (χ4n) is 1.41. The van der Waals surface area contributed by atoms with Crippen molar-refractivity contribution in [2.75, 3.05) is 13.7 Å². The number of hydrogen-bond donors (Lipinski definition) is 2. The van der Waals surface area contributed by atoms with E-state index >= 15 is 0 Å². The van der Waals surface area contributed by atoms with Gasteiger partial charge in [-0.15, -0.1) is 24.0 Å². The van der Waals surface area contributed by atoms with E-state index in [9.17, 15) is 0 Å². The van der Waals surface area contributed by atoms with Crippen molar-refractivity contribution < 1.29 is 4.74 Å². The molecule has 90 valence electrons. The summed E-state index contributed by atoms with van der Waals surface area (Å²) in [5, 5.41) is 0. The molecule has 0 spiro atoms. The second kappa shape index (κ2) is 7.32. The molecule has 0 bridgehead atoms. The smallest absolute Gasteiger partial charge is 0.185 e. The second-order valence-corrected chi connectivity index (χ2v) is 3.37. The van der Waals surface area contributed by atoms with Crippen LogP contribution in [-0.2, 0) is 6.42 Å². The van der Waals surface area contributed by atoms with Crippen LogP contribution in [0.2, 0.25) is 0 Å². The zero-order chi connectivity index (χ0) is 11.3. The minimum absolute atomic E-state index is 0. The van der Waals surface area contributed by atoms with Gasteiger partial charge in [-0.05, 0) is 25.0 Å². The maximum Gasteiger partial charge on any atom is 0.185 e. The van der Waals surface area contributed by atoms with E-state index in [-0.39, 0.29) is 29.9 Å². The van der Waals surface area contributed by atoms with E-state index in [1.807, 2.05) is 19.1 Å². The van der Waals surface area contributed by atoms with E-state index in [2.05, 4.69) is 11.1 Å². The molecule has 0 unspecified atom stereocenters. The molecule has 0 aliphatic rings. The Bertz CT molecular complexity index is 362. The lowest BCUT2D eigenvalue weighted by Gasteiger charge is -2.08. The molecule has 16 heavy (non-hydrogen) atoms. The van der Waals surface area contributed by atoms with Crippen molar-refractivity contribution in [2.45, 2.75) is 13.3 Å². The number of aryl methyl sites for hydroxylation is 1. The van der Waals surface area contributed by atoms with Crippen LogP contribution in [-0.4, -0.2) is 19.6 Å². The molecule has 0 aliphatic heterocycles. The summed E-state index contributed by atoms with van der Waals surface area (Å²) < 4.78 is 5.25. The van der Waals surface area contributed by atoms with Gasteiger partial charge in [-0.2, -0.15) is 0 Å². The number of methoxy groups -OCH3 is 1. The van der Waals surface area contributed by atoms with E-state index in [1.54, 1.807) is 7.11 Å². The Balaban J connectivity index is 0.00000225. The molecule has 0 saturated heterocycles. The number of aliphatic imine (C=N–C) groups is 1. The van der Waals surface area contributed by atoms with Crippen molar-refractivity contribution in [3.05, 3.63) is 29.3 Å². The number of ether oxygens (including phenoxy) is 1. The third-order valence-electron chi connectivity index (χ3n) is 2.11. The first kappa shape index (κ1) is 15.0. The molecule has 4 N–H and O–H groups in total. The van der Waals surface area contributed by atoms with Crippen molar-refractivity contribution in [1.29, 1.82) is 0 Å². The average Bonchev–Trinajstić information content (AvgIpc) is 2.17. The number of hydrogen-bond acceptors (Lipinski definition) is 2. The lowest BCUT2D eigenvalue weighted by atomic mass is 10.1. The van der Waals surface area contributed by atoms with Gasteiger partial charge in [0.15, 0.2) is 5.96 Å². The van der Waals surface area contributed by atoms with Crippen LogP contribution in [0.4, 0.5) is 0 Å². The maximum atomic E-state index is 5.25. The van der Waals surface area contributed by atoms with Gasteiger partial charge >= 0.3 is 0 Å². The summed E-state index contributed by atoms with van der Waals surface area (Å²) >= 11 is 0. The maximum absolute atomic E-state index is 5.25. The van der Waals surface area contributed by atoms with Gasteiger partial charge in [-0.25, -0.2) is 0 Å². The standard InChI is InChI=1S/C11H17N3O.HI/c1-8-3-4-10(15-2)9(7-8)5-6-14-11(12)13;/h3-4,7H,5-6H2,1-2H3,(H4,12,13,14);1H. The highest BCUT2D eigenvalue weighted by atomic mass is 127. The lowest BCUT2D eigenvalue weighted by Crippen LogP contribution is -2.23. The van der Waals surface area contributed by atoms with Crippen molar-refractivity contribution in [1.82, 2.24) is 0 Å². The molecule has 5 heteroatoms. The quantitative estimate of drug-likeness (QED) is 0.497. The number of nitrogens with zero attached hydrogens (tertiary/aromatic N) is 1. The first-order chi connectivity index (χ1) is 7.13. The summed E-state index contributed by atoms with van der Waals surface area (Å²) in [6.07, 6.45) is 0.781. The molecule has 0 atom stereocenters. The van der Waals surface area contributed by atoms with Crippen molar-refractivity contribution in [2.24, 2.45) is 16.5 Å². The summed E-state index contributed by atoms with van der Waals surface area (Å²) in [5.74, 6) is 1.01. The molecule has 1 aromatic rings. The summed E-state index contributed by atoms with van der Waals surface area (Å²) in [7, 11) is 1.66. The Morgan fingerprint density at radius 3 is 2.62 bits per heavy atom. The molecule has 0 fully saturated rings. The van der Waals surface area contributed by atoms with Crippen molar-refractivity contribution in [3.63, 3.8) is 0 Å². The summed E-state index contributed by atoms with van der Waals surface area (Å²) in [4.78, 5) is 3.94. The van der Waals surface area contributed by atoms with Gasteiger partial charge < -0.3 is 16.2 Å². The van der Waals surface area contributed by atoms with E-state index in [1.165, 1.54) is 5.56 Å². The van der Waals surface area contributed by atoms with Gasteiger partial charge in [-0.3, -0.25) is 4.99 Å². The van der Waals surface area contributed by atoms with Crippen LogP contribution in [0.3, 0.4) is 0 Å². The van der Waals surface area contributed by atoms with Crippen LogP contribution in [0.1, 0.15) is 11.1 Å². The third-order valence-corrected chi connectivity index (χ3v) is 2.11. The molecule has 0 aliphatic carbocycles. The Morgan fingerprint density at radius 1 is 1.38 bits per heavy atom. The van der Waals surface area contributed by atoms with Gasteiger partial charge in [0.05, 0.1) is 7.11 Å². The van der Waals surface area contributed by atoms with Gasteiger partial charge in [0.2, 0.25) is 0 Å². The highest BCUT2D eigenvalue weighted by Crippen LogP contribution is 2.19. The molecule has 0 aromatic heterocycles. The SMILES string of the molecule is COc1ccc(C)cc1CCN=C(N)N.I. The summed E-state index contributed by atoms with van der Waals surface area (Å²) in [6.45, 7) is 2.63. The van der Waals surface area contributed by atoms with E-state index in [0.717, 1.165) is 17.7 Å². The van der Waals surface area contributed by atoms with Gasteiger partial charge in [0, 0.05) is 6.54 Å². The minimum atomic E-state index is 0. The number of nitrogens with two attached hydrogens (primary N) is 2. The van der Waals surface area contributed by atoms with Crippen LogP contribution in [0, 0.1) is 6.92 Å². The van der Waals surface area contributed by atoms with Crippen LogP contribution < -0.4 is 16.2 Å². The summed E-state index contributed by atoms with van der Waals surface area (Å²) in [6, 6.07) is 6.06. The number of rotatable bonds is 4. The van der Waals surface area contributed by atoms with Gasteiger partial charge in [-0.1, -0.05) is 17.7 Å². The van der Waals surface area contributed by atoms with E-state index < -0.39 is 0 Å². The molecule has 0 saturated carbocycles. The van der Waals surface area contributed by atoms with E-state index in [0.29, 0.717) is 6.54 Å². The highest BCUT2D eigenvalue weighted by Gasteiger charge is 2.02. The highest BCUT2D eigenvalue weighted by molar-refractivity contribution is 14.0. The number of halogens is 1. The molecular weight excluding hydrogens is 317 g/mol. The second-order valence-electron chi connectivity index (χ2n) is 3.37. The normalized spacial score (nSPS) is 9.12. The zero-order valence-electron chi connectivity index (χ0n) is 9.56. The van der Waals surface area contributed by atoms with Crippen LogP contribution in [0.5, 0.6) is 5.75 Å². The lowest BCUT2D eigenvalue weighted by molar-refractivity contribution is 0.409. The van der Waals surface area contributed by atoms with E-state index in [4.69, 9.17) is 16.2 Å². The predicted molar refractivity (Wildman–Crippen MR) is 77.5 cm³/mol. The number of guanidine groups is 1. The molecule has 4 nitrogen and oxygen atoms in total. The first-order valence-corrected chi connectivity index (χ1v) is 4.82. The van der Waals surface area contributed by atoms with Crippen molar-refractivity contribution in [3.8, 4) is 5.75 Å². The monoisotopic (exact) mass is 335 g/mol. The molecule has 1 aromatic carbocycles. The Kier molecular flexibility index (Phi) is 6.87. The third kappa shape index (κ3) is 4.69. The van der Waals surface area contributed by atoms with Crippen molar-refractivity contribution >= 4 is 29.9 Å². The van der Waals surface area contributed by atoms with Gasteiger partial charge in [0.1, 0.15) is 5.75 Å². The average molecular weight is 335 g/mol. The largest absolute Gasteiger partial charge is 0.496 e. The molecule has 0 amide bonds. The van der Waals surface area contributed by atoms with Crippen LogP contribution in [0.25, 0.3) is 0 Å². The van der Waals surface area contributed by atoms with Crippen LogP contribution >= 0.6 is 24.0 Å². The zero-order valence-corrected chi connectivity index (χ0v) is 11.9. The van der Waals surface area contributed by atoms with Crippen LogP contribution in [0.15, 0.2) is 23.2 Å². The minimum Gasteiger partial charge on any atom is -0.496 e. The fourth-order valence-corrected chi connectivity index (χ4v) is 1.41. The Morgan fingerprint density at radius 2 is 2.06 bits per heavy atom. The molecule has 1 rings (SSSR count). The Labute approximate surface area is 113 Å². The summed E-state index contributed by atoms with van der Waals surface area (Å²) in [5.41, 5.74) is 12.8. The number of benzene rings is 1. The fraction of sp³-hybridized carbons (Fsp3) is 0.364. The molecule has 0 heterocycles. The van der Waals surface area contributed by atoms with Gasteiger partial charge in [0.25, 0.3) is 0 Å².